The maximum absolute atomic E-state index is 9.83. The maximum atomic E-state index is 9.83. The lowest BCUT2D eigenvalue weighted by molar-refractivity contribution is -0.0954. The fourth-order valence-corrected chi connectivity index (χ4v) is 4.02. The van der Waals surface area contributed by atoms with Gasteiger partial charge in [0, 0.05) is 18.6 Å². The van der Waals surface area contributed by atoms with Crippen LogP contribution in [0.5, 0.6) is 0 Å². The quantitative estimate of drug-likeness (QED) is 0.723. The summed E-state index contributed by atoms with van der Waals surface area (Å²) >= 11 is 0. The van der Waals surface area contributed by atoms with E-state index >= 15 is 0 Å². The van der Waals surface area contributed by atoms with Crippen molar-refractivity contribution in [1.82, 2.24) is 4.90 Å². The minimum Gasteiger partial charge on any atom is -0.390 e. The Morgan fingerprint density at radius 1 is 1.11 bits per heavy atom. The number of β-amino-alcohol motifs (C(OH)–C–C–N with tert-alkyl or cyclic N) is 1. The van der Waals surface area contributed by atoms with Gasteiger partial charge in [-0.2, -0.15) is 0 Å². The zero-order chi connectivity index (χ0) is 14.5. The standard InChI is InChI=1S/C14H28N2O.CH5N/c1-13-6-3-4-8-14(13,2)16(9-5-7-13)11-12(17)10-15;1-2/h12,17H,3-11,15H2,1-2H3;2H2,1H3. The lowest BCUT2D eigenvalue weighted by atomic mass is 9.58. The Morgan fingerprint density at radius 3 is 2.32 bits per heavy atom. The molecule has 0 amide bonds. The second-order valence-electron chi connectivity index (χ2n) is 6.48. The SMILES string of the molecule is CC12CCCCC1(C)N(CC(O)CN)CCC2.CN. The van der Waals surface area contributed by atoms with Gasteiger partial charge in [0.1, 0.15) is 0 Å². The molecule has 114 valence electrons. The molecular formula is C15H33N3O. The lowest BCUT2D eigenvalue weighted by Gasteiger charge is -2.59. The minimum absolute atomic E-state index is 0.277. The third-order valence-corrected chi connectivity index (χ3v) is 5.50. The smallest absolute Gasteiger partial charge is 0.0789 e. The summed E-state index contributed by atoms with van der Waals surface area (Å²) in [6.07, 6.45) is 7.58. The Kier molecular flexibility index (Phi) is 6.24. The summed E-state index contributed by atoms with van der Waals surface area (Å²) in [4.78, 5) is 2.52. The second kappa shape index (κ2) is 7.02. The molecule has 0 aromatic carbocycles. The second-order valence-corrected chi connectivity index (χ2v) is 6.48. The fraction of sp³-hybridized carbons (Fsp3) is 1.00. The molecule has 1 saturated carbocycles. The first-order chi connectivity index (χ1) is 9.02. The number of hydrogen-bond acceptors (Lipinski definition) is 4. The van der Waals surface area contributed by atoms with Gasteiger partial charge in [-0.25, -0.2) is 0 Å². The molecule has 4 nitrogen and oxygen atoms in total. The number of nitrogens with two attached hydrogens (primary N) is 2. The van der Waals surface area contributed by atoms with Crippen molar-refractivity contribution in [3.05, 3.63) is 0 Å². The third-order valence-electron chi connectivity index (χ3n) is 5.50. The van der Waals surface area contributed by atoms with Gasteiger partial charge < -0.3 is 16.6 Å². The minimum atomic E-state index is -0.365. The number of aliphatic hydroxyl groups is 1. The molecule has 1 aliphatic heterocycles. The molecule has 2 fully saturated rings. The molecule has 5 N–H and O–H groups in total. The third kappa shape index (κ3) is 3.30. The van der Waals surface area contributed by atoms with Gasteiger partial charge in [0.25, 0.3) is 0 Å². The first kappa shape index (κ1) is 16.9. The van der Waals surface area contributed by atoms with Gasteiger partial charge in [0.15, 0.2) is 0 Å². The monoisotopic (exact) mass is 271 g/mol. The van der Waals surface area contributed by atoms with Gasteiger partial charge in [-0.05, 0) is 51.6 Å². The molecule has 19 heavy (non-hydrogen) atoms. The Bertz CT molecular complexity index is 270. The number of nitrogens with zero attached hydrogens (tertiary/aromatic N) is 1. The molecule has 1 aliphatic carbocycles. The summed E-state index contributed by atoms with van der Waals surface area (Å²) in [6.45, 7) is 7.12. The topological polar surface area (TPSA) is 75.5 Å². The van der Waals surface area contributed by atoms with Crippen LogP contribution in [0.3, 0.4) is 0 Å². The predicted molar refractivity (Wildman–Crippen MR) is 81.0 cm³/mol. The average molecular weight is 271 g/mol. The van der Waals surface area contributed by atoms with E-state index in [4.69, 9.17) is 5.73 Å². The molecule has 3 unspecified atom stereocenters. The molecule has 0 aromatic heterocycles. The van der Waals surface area contributed by atoms with Crippen LogP contribution in [0.4, 0.5) is 0 Å². The molecule has 0 aromatic rings. The first-order valence-corrected chi connectivity index (χ1v) is 7.73. The molecule has 4 heteroatoms. The average Bonchev–Trinajstić information content (AvgIpc) is 2.42. The predicted octanol–water partition coefficient (Wildman–Crippen LogP) is 1.32. The van der Waals surface area contributed by atoms with Crippen LogP contribution < -0.4 is 11.5 Å². The van der Waals surface area contributed by atoms with E-state index in [0.717, 1.165) is 13.1 Å². The van der Waals surface area contributed by atoms with Gasteiger partial charge in [0.05, 0.1) is 6.10 Å². The van der Waals surface area contributed by atoms with Crippen LogP contribution in [0.1, 0.15) is 52.4 Å². The van der Waals surface area contributed by atoms with Crippen LogP contribution in [0.25, 0.3) is 0 Å². The summed E-state index contributed by atoms with van der Waals surface area (Å²) in [7, 11) is 1.50. The van der Waals surface area contributed by atoms with Crippen LogP contribution in [0.2, 0.25) is 0 Å². The number of hydrogen-bond donors (Lipinski definition) is 3. The van der Waals surface area contributed by atoms with E-state index < -0.39 is 0 Å². The molecular weight excluding hydrogens is 238 g/mol. The number of piperidine rings is 1. The molecule has 3 atom stereocenters. The number of rotatable bonds is 3. The van der Waals surface area contributed by atoms with Crippen LogP contribution >= 0.6 is 0 Å². The maximum Gasteiger partial charge on any atom is 0.0789 e. The van der Waals surface area contributed by atoms with Gasteiger partial charge in [-0.3, -0.25) is 4.90 Å². The molecule has 0 bridgehead atoms. The highest BCUT2D eigenvalue weighted by atomic mass is 16.3. The van der Waals surface area contributed by atoms with Crippen molar-refractivity contribution in [3.8, 4) is 0 Å². The summed E-state index contributed by atoms with van der Waals surface area (Å²) < 4.78 is 0. The van der Waals surface area contributed by atoms with Crippen LogP contribution in [0, 0.1) is 5.41 Å². The van der Waals surface area contributed by atoms with Gasteiger partial charge in [-0.1, -0.05) is 19.8 Å². The van der Waals surface area contributed by atoms with Crippen molar-refractivity contribution in [2.24, 2.45) is 16.9 Å². The highest BCUT2D eigenvalue weighted by Crippen LogP contribution is 2.52. The Labute approximate surface area is 118 Å². The number of aliphatic hydroxyl groups excluding tert-OH is 1. The van der Waals surface area contributed by atoms with E-state index in [9.17, 15) is 5.11 Å². The van der Waals surface area contributed by atoms with E-state index in [-0.39, 0.29) is 11.6 Å². The van der Waals surface area contributed by atoms with E-state index in [1.165, 1.54) is 45.6 Å². The largest absolute Gasteiger partial charge is 0.390 e. The van der Waals surface area contributed by atoms with Crippen LogP contribution in [-0.4, -0.2) is 48.3 Å². The molecule has 1 saturated heterocycles. The van der Waals surface area contributed by atoms with Crippen molar-refractivity contribution in [2.45, 2.75) is 64.0 Å². The van der Waals surface area contributed by atoms with Crippen LogP contribution in [-0.2, 0) is 0 Å². The lowest BCUT2D eigenvalue weighted by Crippen LogP contribution is -2.63. The van der Waals surface area contributed by atoms with Gasteiger partial charge in [-0.15, -0.1) is 0 Å². The van der Waals surface area contributed by atoms with Crippen LogP contribution in [0.15, 0.2) is 0 Å². The molecule has 2 aliphatic rings. The summed E-state index contributed by atoms with van der Waals surface area (Å²) in [5, 5.41) is 9.83. The zero-order valence-electron chi connectivity index (χ0n) is 13.0. The van der Waals surface area contributed by atoms with Crippen molar-refractivity contribution < 1.29 is 5.11 Å². The molecule has 0 radical (unpaired) electrons. The van der Waals surface area contributed by atoms with Crippen molar-refractivity contribution in [1.29, 1.82) is 0 Å². The molecule has 0 spiro atoms. The van der Waals surface area contributed by atoms with Gasteiger partial charge in [0.2, 0.25) is 0 Å². The van der Waals surface area contributed by atoms with Gasteiger partial charge >= 0.3 is 0 Å². The zero-order valence-corrected chi connectivity index (χ0v) is 13.0. The summed E-state index contributed by atoms with van der Waals surface area (Å²) in [5.74, 6) is 0. The normalized spacial score (nSPS) is 36.9. The van der Waals surface area contributed by atoms with Crippen molar-refractivity contribution in [3.63, 3.8) is 0 Å². The Balaban J connectivity index is 0.000000861. The van der Waals surface area contributed by atoms with E-state index in [1.54, 1.807) is 0 Å². The summed E-state index contributed by atoms with van der Waals surface area (Å²) in [5.41, 5.74) is 10.8. The molecule has 2 rings (SSSR count). The molecule has 1 heterocycles. The van der Waals surface area contributed by atoms with Crippen molar-refractivity contribution >= 4 is 0 Å². The Hall–Kier alpha value is -0.160. The fourth-order valence-electron chi connectivity index (χ4n) is 4.02. The van der Waals surface area contributed by atoms with E-state index in [0.29, 0.717) is 12.0 Å². The number of fused-ring (bicyclic) bond motifs is 1. The van der Waals surface area contributed by atoms with E-state index in [2.05, 4.69) is 24.5 Å². The summed E-state index contributed by atoms with van der Waals surface area (Å²) in [6, 6.07) is 0. The first-order valence-electron chi connectivity index (χ1n) is 7.73. The highest BCUT2D eigenvalue weighted by Gasteiger charge is 2.51. The Morgan fingerprint density at radius 2 is 1.68 bits per heavy atom. The number of likely N-dealkylation sites (tertiary alicyclic amines) is 1. The van der Waals surface area contributed by atoms with E-state index in [1.807, 2.05) is 0 Å². The van der Waals surface area contributed by atoms with Crippen molar-refractivity contribution in [2.75, 3.05) is 26.7 Å². The highest BCUT2D eigenvalue weighted by molar-refractivity contribution is 5.06.